The summed E-state index contributed by atoms with van der Waals surface area (Å²) in [6, 6.07) is 9.87. The van der Waals surface area contributed by atoms with Gasteiger partial charge in [0.15, 0.2) is 0 Å². The van der Waals surface area contributed by atoms with Crippen LogP contribution in [0.25, 0.3) is 0 Å². The van der Waals surface area contributed by atoms with Crippen LogP contribution in [-0.4, -0.2) is 42.6 Å². The number of nitrogens with one attached hydrogen (secondary N) is 3. The minimum atomic E-state index is -0.190. The fraction of sp³-hybridized carbons (Fsp3) is 0.450. The summed E-state index contributed by atoms with van der Waals surface area (Å²) in [6.07, 6.45) is 3.77. The zero-order chi connectivity index (χ0) is 18.4. The molecule has 1 aliphatic rings. The zero-order valence-electron chi connectivity index (χ0n) is 15.5. The van der Waals surface area contributed by atoms with E-state index in [1.54, 1.807) is 6.33 Å². The van der Waals surface area contributed by atoms with Crippen LogP contribution in [0.2, 0.25) is 0 Å². The van der Waals surface area contributed by atoms with Crippen molar-refractivity contribution in [3.05, 3.63) is 53.5 Å². The highest BCUT2D eigenvalue weighted by Gasteiger charge is 2.24. The lowest BCUT2D eigenvalue weighted by Gasteiger charge is -2.17. The number of hydrogen-bond donors (Lipinski definition) is 3. The molecule has 1 unspecified atom stereocenters. The van der Waals surface area contributed by atoms with Crippen molar-refractivity contribution in [1.29, 1.82) is 0 Å². The van der Waals surface area contributed by atoms with Crippen LogP contribution in [0.1, 0.15) is 42.0 Å². The van der Waals surface area contributed by atoms with Crippen molar-refractivity contribution in [3.63, 3.8) is 0 Å². The molecule has 6 nitrogen and oxygen atoms in total. The Morgan fingerprint density at radius 3 is 2.81 bits per heavy atom. The third kappa shape index (κ3) is 4.19. The van der Waals surface area contributed by atoms with Gasteiger partial charge in [-0.3, -0.25) is 4.79 Å². The van der Waals surface area contributed by atoms with Gasteiger partial charge < -0.3 is 16.0 Å². The lowest BCUT2D eigenvalue weighted by atomic mass is 9.98. The molecule has 1 aromatic heterocycles. The van der Waals surface area contributed by atoms with Gasteiger partial charge in [-0.05, 0) is 31.4 Å². The quantitative estimate of drug-likeness (QED) is 0.633. The maximum absolute atomic E-state index is 12.6. The van der Waals surface area contributed by atoms with Gasteiger partial charge in [-0.15, -0.1) is 0 Å². The van der Waals surface area contributed by atoms with Gasteiger partial charge in [-0.25, -0.2) is 9.97 Å². The third-order valence-electron chi connectivity index (χ3n) is 4.92. The number of fused-ring (bicyclic) bond motifs is 1. The fourth-order valence-electron chi connectivity index (χ4n) is 3.53. The SMILES string of the molecule is CNCC(C(=O)NCCNc1ncnc2c1[C@H](C)CC2)c1ccccc1. The number of aryl methyl sites for hydroxylation is 1. The molecular weight excluding hydrogens is 326 g/mol. The van der Waals surface area contributed by atoms with Gasteiger partial charge in [-0.2, -0.15) is 0 Å². The highest BCUT2D eigenvalue weighted by Crippen LogP contribution is 2.35. The van der Waals surface area contributed by atoms with Crippen molar-refractivity contribution in [3.8, 4) is 0 Å². The van der Waals surface area contributed by atoms with Crippen LogP contribution < -0.4 is 16.0 Å². The van der Waals surface area contributed by atoms with E-state index in [9.17, 15) is 4.79 Å². The van der Waals surface area contributed by atoms with Gasteiger partial charge in [0, 0.05) is 30.9 Å². The average Bonchev–Trinajstić information content (AvgIpc) is 3.05. The maximum Gasteiger partial charge on any atom is 0.228 e. The summed E-state index contributed by atoms with van der Waals surface area (Å²) in [5, 5.41) is 9.49. The number of likely N-dealkylation sites (N-methyl/N-ethyl adjacent to an activating group) is 1. The molecule has 0 fully saturated rings. The molecule has 2 atom stereocenters. The Morgan fingerprint density at radius 1 is 1.23 bits per heavy atom. The maximum atomic E-state index is 12.6. The molecule has 3 N–H and O–H groups in total. The molecular formula is C20H27N5O. The Kier molecular flexibility index (Phi) is 6.17. The first-order chi connectivity index (χ1) is 12.7. The van der Waals surface area contributed by atoms with Crippen molar-refractivity contribution in [2.24, 2.45) is 0 Å². The minimum absolute atomic E-state index is 0.0358. The lowest BCUT2D eigenvalue weighted by molar-refractivity contribution is -0.122. The Morgan fingerprint density at radius 2 is 2.04 bits per heavy atom. The summed E-state index contributed by atoms with van der Waals surface area (Å²) in [5.74, 6) is 1.24. The van der Waals surface area contributed by atoms with Crippen LogP contribution in [0.3, 0.4) is 0 Å². The first-order valence-corrected chi connectivity index (χ1v) is 9.25. The molecule has 1 amide bonds. The average molecular weight is 353 g/mol. The number of carbonyl (C=O) groups excluding carboxylic acids is 1. The van der Waals surface area contributed by atoms with Crippen molar-refractivity contribution < 1.29 is 4.79 Å². The first-order valence-electron chi connectivity index (χ1n) is 9.25. The van der Waals surface area contributed by atoms with E-state index < -0.39 is 0 Å². The predicted molar refractivity (Wildman–Crippen MR) is 103 cm³/mol. The normalized spacial score (nSPS) is 16.8. The number of amides is 1. The first kappa shape index (κ1) is 18.3. The number of nitrogens with zero attached hydrogens (tertiary/aromatic N) is 2. The summed E-state index contributed by atoms with van der Waals surface area (Å²) < 4.78 is 0. The standard InChI is InChI=1S/C20H27N5O/c1-14-8-9-17-18(14)19(25-13-24-17)22-10-11-23-20(26)16(12-21-2)15-6-4-3-5-7-15/h3-7,13-14,16,21H,8-12H2,1-2H3,(H,23,26)(H,22,24,25)/t14-,16?/m1/s1. The van der Waals surface area contributed by atoms with E-state index in [-0.39, 0.29) is 11.8 Å². The van der Waals surface area contributed by atoms with E-state index in [2.05, 4.69) is 32.8 Å². The van der Waals surface area contributed by atoms with E-state index in [0.717, 1.165) is 29.9 Å². The van der Waals surface area contributed by atoms with E-state index >= 15 is 0 Å². The molecule has 0 saturated carbocycles. The second-order valence-corrected chi connectivity index (χ2v) is 6.76. The van der Waals surface area contributed by atoms with E-state index in [0.29, 0.717) is 25.6 Å². The van der Waals surface area contributed by atoms with Crippen LogP contribution in [0.4, 0.5) is 5.82 Å². The van der Waals surface area contributed by atoms with E-state index in [4.69, 9.17) is 0 Å². The van der Waals surface area contributed by atoms with Gasteiger partial charge >= 0.3 is 0 Å². The smallest absolute Gasteiger partial charge is 0.228 e. The summed E-state index contributed by atoms with van der Waals surface area (Å²) >= 11 is 0. The molecule has 0 spiro atoms. The molecule has 138 valence electrons. The molecule has 26 heavy (non-hydrogen) atoms. The van der Waals surface area contributed by atoms with Crippen LogP contribution >= 0.6 is 0 Å². The number of aromatic nitrogens is 2. The molecule has 0 saturated heterocycles. The van der Waals surface area contributed by atoms with Crippen LogP contribution in [0.5, 0.6) is 0 Å². The second-order valence-electron chi connectivity index (χ2n) is 6.76. The lowest BCUT2D eigenvalue weighted by Crippen LogP contribution is -2.36. The predicted octanol–water partition coefficient (Wildman–Crippen LogP) is 2.06. The highest BCUT2D eigenvalue weighted by atomic mass is 16.1. The number of benzene rings is 1. The largest absolute Gasteiger partial charge is 0.368 e. The second kappa shape index (κ2) is 8.76. The van der Waals surface area contributed by atoms with Crippen molar-refractivity contribution in [2.45, 2.75) is 31.6 Å². The Balaban J connectivity index is 1.53. The summed E-state index contributed by atoms with van der Waals surface area (Å²) in [5.41, 5.74) is 3.41. The van der Waals surface area contributed by atoms with Crippen molar-refractivity contribution >= 4 is 11.7 Å². The molecule has 3 rings (SSSR count). The fourth-order valence-corrected chi connectivity index (χ4v) is 3.53. The zero-order valence-corrected chi connectivity index (χ0v) is 15.5. The number of hydrogen-bond acceptors (Lipinski definition) is 5. The molecule has 1 aliphatic carbocycles. The molecule has 1 heterocycles. The highest BCUT2D eigenvalue weighted by molar-refractivity contribution is 5.83. The Bertz CT molecular complexity index is 734. The Hall–Kier alpha value is -2.47. The number of carbonyl (C=O) groups is 1. The molecule has 0 aliphatic heterocycles. The summed E-state index contributed by atoms with van der Waals surface area (Å²) in [6.45, 7) is 4.02. The van der Waals surface area contributed by atoms with Gasteiger partial charge in [0.2, 0.25) is 5.91 Å². The van der Waals surface area contributed by atoms with Crippen molar-refractivity contribution in [2.75, 3.05) is 32.0 Å². The summed E-state index contributed by atoms with van der Waals surface area (Å²) in [4.78, 5) is 21.3. The van der Waals surface area contributed by atoms with Crippen LogP contribution in [-0.2, 0) is 11.2 Å². The third-order valence-corrected chi connectivity index (χ3v) is 4.92. The molecule has 6 heteroatoms. The number of anilines is 1. The molecule has 0 radical (unpaired) electrons. The minimum Gasteiger partial charge on any atom is -0.368 e. The van der Waals surface area contributed by atoms with Crippen molar-refractivity contribution in [1.82, 2.24) is 20.6 Å². The van der Waals surface area contributed by atoms with Crippen LogP contribution in [0, 0.1) is 0 Å². The topological polar surface area (TPSA) is 78.9 Å². The van der Waals surface area contributed by atoms with Gasteiger partial charge in [-0.1, -0.05) is 37.3 Å². The van der Waals surface area contributed by atoms with Gasteiger partial charge in [0.05, 0.1) is 5.92 Å². The summed E-state index contributed by atoms with van der Waals surface area (Å²) in [7, 11) is 1.86. The van der Waals surface area contributed by atoms with Gasteiger partial charge in [0.25, 0.3) is 0 Å². The Labute approximate surface area is 154 Å². The number of rotatable bonds is 8. The van der Waals surface area contributed by atoms with Crippen LogP contribution in [0.15, 0.2) is 36.7 Å². The monoisotopic (exact) mass is 353 g/mol. The molecule has 1 aromatic carbocycles. The van der Waals surface area contributed by atoms with E-state index in [1.807, 2.05) is 37.4 Å². The van der Waals surface area contributed by atoms with Gasteiger partial charge in [0.1, 0.15) is 12.1 Å². The molecule has 0 bridgehead atoms. The van der Waals surface area contributed by atoms with E-state index in [1.165, 1.54) is 5.56 Å². The molecule has 2 aromatic rings.